The van der Waals surface area contributed by atoms with E-state index in [0.717, 1.165) is 17.7 Å². The van der Waals surface area contributed by atoms with Crippen LogP contribution in [0.5, 0.6) is 0 Å². The van der Waals surface area contributed by atoms with Gasteiger partial charge in [0.1, 0.15) is 12.0 Å². The minimum Gasteiger partial charge on any atom is -0.373 e. The Kier molecular flexibility index (Phi) is 5.38. The molecule has 0 fully saturated rings. The lowest BCUT2D eigenvalue weighted by atomic mass is 10.1. The number of H-pyrrole nitrogens is 1. The Bertz CT molecular complexity index is 1030. The van der Waals surface area contributed by atoms with Gasteiger partial charge in [-0.3, -0.25) is 10.2 Å². The van der Waals surface area contributed by atoms with Crippen LogP contribution in [0, 0.1) is 0 Å². The van der Waals surface area contributed by atoms with E-state index in [2.05, 4.69) is 10.3 Å². The van der Waals surface area contributed by atoms with Crippen LogP contribution >= 0.6 is 0 Å². The summed E-state index contributed by atoms with van der Waals surface area (Å²) >= 11 is 0. The number of benzene rings is 2. The zero-order valence-electron chi connectivity index (χ0n) is 15.8. The van der Waals surface area contributed by atoms with Crippen molar-refractivity contribution < 1.29 is 23.4 Å². The molecular weight excluding hydrogens is 395 g/mol. The number of nitrogens with one attached hydrogen (secondary N) is 2. The monoisotopic (exact) mass is 415 g/mol. The van der Waals surface area contributed by atoms with Gasteiger partial charge < -0.3 is 15.2 Å². The Hall–Kier alpha value is -3.07. The van der Waals surface area contributed by atoms with Crippen LogP contribution in [0.15, 0.2) is 66.7 Å². The molecule has 30 heavy (non-hydrogen) atoms. The van der Waals surface area contributed by atoms with Crippen LogP contribution in [0.2, 0.25) is 0 Å². The van der Waals surface area contributed by atoms with Gasteiger partial charge in [0.2, 0.25) is 0 Å². The molecule has 0 aliphatic carbocycles. The topological polar surface area (TPSA) is 71.5 Å². The summed E-state index contributed by atoms with van der Waals surface area (Å²) in [7, 11) is 0. The van der Waals surface area contributed by atoms with Crippen LogP contribution in [0.4, 0.5) is 24.7 Å². The average Bonchev–Trinajstić information content (AvgIpc) is 3.16. The van der Waals surface area contributed by atoms with Crippen molar-refractivity contribution >= 4 is 17.6 Å². The second-order valence-corrected chi connectivity index (χ2v) is 6.99. The first-order valence-electron chi connectivity index (χ1n) is 9.34. The number of nitrogens with zero attached hydrogens (tertiary/aromatic N) is 1. The van der Waals surface area contributed by atoms with Gasteiger partial charge in [-0.15, -0.1) is 0 Å². The summed E-state index contributed by atoms with van der Waals surface area (Å²) in [6.07, 6.45) is -3.25. The lowest BCUT2D eigenvalue weighted by Crippen LogP contribution is -2.31. The summed E-state index contributed by atoms with van der Waals surface area (Å²) in [6, 6.07) is 15.9. The van der Waals surface area contributed by atoms with Crippen LogP contribution in [0.1, 0.15) is 28.6 Å². The fourth-order valence-corrected chi connectivity index (χ4v) is 3.38. The molecule has 3 aromatic rings. The van der Waals surface area contributed by atoms with E-state index >= 15 is 0 Å². The van der Waals surface area contributed by atoms with Gasteiger partial charge in [0.05, 0.1) is 11.3 Å². The van der Waals surface area contributed by atoms with Crippen molar-refractivity contribution in [1.82, 2.24) is 10.3 Å². The SMILES string of the molecule is OC(NCc1ccccc1)c1cc2c([nH]1)N(c1ccc(C(F)(F)F)cc1)C(O)C=C2. The standard InChI is InChI=1S/C22H20F3N3O2/c23-22(24,25)16-7-9-17(10-8-16)28-19(29)11-6-15-12-18(27-20(15)28)21(30)26-13-14-4-2-1-3-5-14/h1-12,19,21,26-27,29-30H,13H2. The van der Waals surface area contributed by atoms with E-state index < -0.39 is 24.2 Å². The number of halogens is 3. The molecular formula is C22H20F3N3O2. The maximum Gasteiger partial charge on any atom is 0.416 e. The van der Waals surface area contributed by atoms with Gasteiger partial charge in [-0.25, -0.2) is 0 Å². The van der Waals surface area contributed by atoms with E-state index in [-0.39, 0.29) is 0 Å². The Balaban J connectivity index is 1.56. The highest BCUT2D eigenvalue weighted by Gasteiger charge is 2.31. The molecule has 2 unspecified atom stereocenters. The summed E-state index contributed by atoms with van der Waals surface area (Å²) < 4.78 is 38.5. The average molecular weight is 415 g/mol. The number of aliphatic hydroxyl groups excluding tert-OH is 2. The number of anilines is 2. The van der Waals surface area contributed by atoms with Crippen molar-refractivity contribution in [2.24, 2.45) is 0 Å². The third-order valence-electron chi connectivity index (χ3n) is 4.91. The first kappa shape index (κ1) is 20.2. The number of hydrogen-bond acceptors (Lipinski definition) is 4. The Morgan fingerprint density at radius 3 is 2.43 bits per heavy atom. The fraction of sp³-hybridized carbons (Fsp3) is 0.182. The van der Waals surface area contributed by atoms with E-state index in [1.165, 1.54) is 23.1 Å². The highest BCUT2D eigenvalue weighted by atomic mass is 19.4. The van der Waals surface area contributed by atoms with Crippen LogP contribution in [-0.2, 0) is 12.7 Å². The molecule has 4 rings (SSSR count). The number of aromatic amines is 1. The predicted octanol–water partition coefficient (Wildman–Crippen LogP) is 4.30. The molecule has 0 bridgehead atoms. The van der Waals surface area contributed by atoms with Crippen molar-refractivity contribution in [1.29, 1.82) is 0 Å². The molecule has 2 atom stereocenters. The number of fused-ring (bicyclic) bond motifs is 1. The number of rotatable bonds is 5. The van der Waals surface area contributed by atoms with Crippen molar-refractivity contribution in [3.05, 3.63) is 89.1 Å². The quantitative estimate of drug-likeness (QED) is 0.469. The molecule has 0 saturated carbocycles. The van der Waals surface area contributed by atoms with E-state index in [4.69, 9.17) is 0 Å². The minimum absolute atomic E-state index is 0.390. The third-order valence-corrected chi connectivity index (χ3v) is 4.91. The molecule has 0 spiro atoms. The number of aromatic nitrogens is 1. The fourth-order valence-electron chi connectivity index (χ4n) is 3.38. The summed E-state index contributed by atoms with van der Waals surface area (Å²) in [5, 5.41) is 23.9. The second-order valence-electron chi connectivity index (χ2n) is 6.99. The second kappa shape index (κ2) is 7.98. The predicted molar refractivity (Wildman–Crippen MR) is 108 cm³/mol. The molecule has 0 saturated heterocycles. The van der Waals surface area contributed by atoms with E-state index in [1.807, 2.05) is 30.3 Å². The largest absolute Gasteiger partial charge is 0.416 e. The maximum atomic E-state index is 12.8. The van der Waals surface area contributed by atoms with Crippen molar-refractivity contribution in [2.45, 2.75) is 25.2 Å². The van der Waals surface area contributed by atoms with Crippen LogP contribution < -0.4 is 10.2 Å². The lowest BCUT2D eigenvalue weighted by molar-refractivity contribution is -0.137. The van der Waals surface area contributed by atoms with E-state index in [0.29, 0.717) is 29.3 Å². The molecule has 2 aromatic carbocycles. The first-order chi connectivity index (χ1) is 14.3. The Morgan fingerprint density at radius 2 is 1.77 bits per heavy atom. The number of hydrogen-bond donors (Lipinski definition) is 4. The molecule has 8 heteroatoms. The highest BCUT2D eigenvalue weighted by molar-refractivity contribution is 5.76. The van der Waals surface area contributed by atoms with Crippen molar-refractivity contribution in [3.63, 3.8) is 0 Å². The van der Waals surface area contributed by atoms with E-state index in [9.17, 15) is 23.4 Å². The van der Waals surface area contributed by atoms with Crippen molar-refractivity contribution in [2.75, 3.05) is 4.90 Å². The summed E-state index contributed by atoms with van der Waals surface area (Å²) in [6.45, 7) is 0.451. The minimum atomic E-state index is -4.43. The molecule has 0 amide bonds. The lowest BCUT2D eigenvalue weighted by Gasteiger charge is -2.30. The first-order valence-corrected chi connectivity index (χ1v) is 9.34. The van der Waals surface area contributed by atoms with Gasteiger partial charge in [0, 0.05) is 17.8 Å². The van der Waals surface area contributed by atoms with Gasteiger partial charge in [0.25, 0.3) is 0 Å². The van der Waals surface area contributed by atoms with Crippen LogP contribution in [0.25, 0.3) is 6.08 Å². The van der Waals surface area contributed by atoms with Crippen molar-refractivity contribution in [3.8, 4) is 0 Å². The summed E-state index contributed by atoms with van der Waals surface area (Å²) in [5.41, 5.74) is 1.82. The molecule has 156 valence electrons. The van der Waals surface area contributed by atoms with Crippen LogP contribution in [0.3, 0.4) is 0 Å². The molecule has 0 radical (unpaired) electrons. The van der Waals surface area contributed by atoms with Gasteiger partial charge in [-0.05, 0) is 42.0 Å². The maximum absolute atomic E-state index is 12.8. The molecule has 2 heterocycles. The number of alkyl halides is 3. The zero-order valence-corrected chi connectivity index (χ0v) is 15.8. The summed E-state index contributed by atoms with van der Waals surface area (Å²) in [4.78, 5) is 4.55. The summed E-state index contributed by atoms with van der Waals surface area (Å²) in [5.74, 6) is 0.486. The van der Waals surface area contributed by atoms with Gasteiger partial charge >= 0.3 is 6.18 Å². The molecule has 1 aliphatic heterocycles. The molecule has 5 nitrogen and oxygen atoms in total. The van der Waals surface area contributed by atoms with E-state index in [1.54, 1.807) is 12.1 Å². The number of aliphatic hydroxyl groups is 2. The smallest absolute Gasteiger partial charge is 0.373 e. The zero-order chi connectivity index (χ0) is 21.3. The highest BCUT2D eigenvalue weighted by Crippen LogP contribution is 2.37. The third kappa shape index (κ3) is 4.11. The Morgan fingerprint density at radius 1 is 1.07 bits per heavy atom. The molecule has 4 N–H and O–H groups in total. The van der Waals surface area contributed by atoms with Gasteiger partial charge in [-0.2, -0.15) is 13.2 Å². The van der Waals surface area contributed by atoms with Gasteiger partial charge in [0.15, 0.2) is 6.23 Å². The van der Waals surface area contributed by atoms with Crippen LogP contribution in [-0.4, -0.2) is 21.4 Å². The molecule has 1 aromatic heterocycles. The Labute approximate surface area is 171 Å². The molecule has 1 aliphatic rings. The normalized spacial score (nSPS) is 17.1. The van der Waals surface area contributed by atoms with Gasteiger partial charge in [-0.1, -0.05) is 36.4 Å².